The van der Waals surface area contributed by atoms with Gasteiger partial charge in [0.05, 0.1) is 11.4 Å². The van der Waals surface area contributed by atoms with Crippen molar-refractivity contribution in [3.05, 3.63) is 48.0 Å². The fraction of sp³-hybridized carbons (Fsp3) is 0.357. The molecule has 3 N–H and O–H groups in total. The van der Waals surface area contributed by atoms with E-state index in [1.54, 1.807) is 24.5 Å². The van der Waals surface area contributed by atoms with Crippen molar-refractivity contribution >= 4 is 10.0 Å². The summed E-state index contributed by atoms with van der Waals surface area (Å²) in [7, 11) is -3.50. The molecule has 1 aliphatic rings. The standard InChI is InChI=1S/C14H18N4O2S/c19-21(20,18-10-14-15-7-8-16-14)13-5-1-11(2-6-13)9-17-12-3-4-12/h1-2,5-8,12,17-18H,3-4,9-10H2,(H,15,16). The van der Waals surface area contributed by atoms with Crippen LogP contribution in [0.5, 0.6) is 0 Å². The van der Waals surface area contributed by atoms with E-state index in [1.165, 1.54) is 12.8 Å². The third-order valence-electron chi connectivity index (χ3n) is 3.39. The van der Waals surface area contributed by atoms with Crippen LogP contribution < -0.4 is 10.0 Å². The molecule has 7 heteroatoms. The Morgan fingerprint density at radius 2 is 1.95 bits per heavy atom. The van der Waals surface area contributed by atoms with Gasteiger partial charge in [-0.1, -0.05) is 12.1 Å². The van der Waals surface area contributed by atoms with E-state index in [-0.39, 0.29) is 11.4 Å². The number of nitrogens with one attached hydrogen (secondary N) is 3. The first-order valence-corrected chi connectivity index (χ1v) is 8.42. The molecule has 1 fully saturated rings. The normalized spacial score (nSPS) is 15.2. The van der Waals surface area contributed by atoms with E-state index in [4.69, 9.17) is 0 Å². The van der Waals surface area contributed by atoms with Crippen LogP contribution in [0.3, 0.4) is 0 Å². The quantitative estimate of drug-likeness (QED) is 0.716. The Balaban J connectivity index is 1.61. The van der Waals surface area contributed by atoms with E-state index >= 15 is 0 Å². The predicted octanol–water partition coefficient (Wildman–Crippen LogP) is 1.14. The molecular weight excluding hydrogens is 288 g/mol. The zero-order valence-electron chi connectivity index (χ0n) is 11.5. The second kappa shape index (κ2) is 5.97. The maximum atomic E-state index is 12.1. The zero-order valence-corrected chi connectivity index (χ0v) is 12.4. The molecule has 0 radical (unpaired) electrons. The molecular formula is C14H18N4O2S. The molecule has 2 aromatic rings. The van der Waals surface area contributed by atoms with E-state index in [1.807, 2.05) is 12.1 Å². The monoisotopic (exact) mass is 306 g/mol. The summed E-state index contributed by atoms with van der Waals surface area (Å²) in [5.41, 5.74) is 1.09. The molecule has 3 rings (SSSR count). The molecule has 0 unspecified atom stereocenters. The van der Waals surface area contributed by atoms with Gasteiger partial charge in [0.2, 0.25) is 10.0 Å². The molecule has 1 aromatic heterocycles. The maximum Gasteiger partial charge on any atom is 0.240 e. The van der Waals surface area contributed by atoms with Crippen molar-refractivity contribution in [3.63, 3.8) is 0 Å². The minimum atomic E-state index is -3.50. The van der Waals surface area contributed by atoms with Crippen LogP contribution in [0.15, 0.2) is 41.6 Å². The van der Waals surface area contributed by atoms with Gasteiger partial charge in [0.25, 0.3) is 0 Å². The highest BCUT2D eigenvalue weighted by Crippen LogP contribution is 2.19. The Bertz CT molecular complexity index is 676. The van der Waals surface area contributed by atoms with Crippen LogP contribution in [0, 0.1) is 0 Å². The smallest absolute Gasteiger partial charge is 0.240 e. The van der Waals surface area contributed by atoms with Crippen molar-refractivity contribution in [1.82, 2.24) is 20.0 Å². The summed E-state index contributed by atoms with van der Waals surface area (Å²) in [6.45, 7) is 0.936. The number of nitrogens with zero attached hydrogens (tertiary/aromatic N) is 1. The lowest BCUT2D eigenvalue weighted by Gasteiger charge is -2.07. The summed E-state index contributed by atoms with van der Waals surface area (Å²) < 4.78 is 26.8. The number of hydrogen-bond acceptors (Lipinski definition) is 4. The first-order valence-electron chi connectivity index (χ1n) is 6.94. The van der Waals surface area contributed by atoms with Gasteiger partial charge in [-0.05, 0) is 30.5 Å². The number of imidazole rings is 1. The van der Waals surface area contributed by atoms with Crippen LogP contribution >= 0.6 is 0 Å². The van der Waals surface area contributed by atoms with Crippen molar-refractivity contribution in [1.29, 1.82) is 0 Å². The van der Waals surface area contributed by atoms with Crippen LogP contribution in [0.1, 0.15) is 24.2 Å². The molecule has 0 spiro atoms. The van der Waals surface area contributed by atoms with Crippen molar-refractivity contribution < 1.29 is 8.42 Å². The average molecular weight is 306 g/mol. The van der Waals surface area contributed by atoms with Crippen LogP contribution in [-0.4, -0.2) is 24.4 Å². The first-order chi connectivity index (χ1) is 10.1. The van der Waals surface area contributed by atoms with Crippen molar-refractivity contribution in [3.8, 4) is 0 Å². The Morgan fingerprint density at radius 1 is 1.19 bits per heavy atom. The van der Waals surface area contributed by atoms with Crippen molar-refractivity contribution in [2.45, 2.75) is 36.9 Å². The highest BCUT2D eigenvalue weighted by molar-refractivity contribution is 7.89. The van der Waals surface area contributed by atoms with E-state index in [2.05, 4.69) is 20.0 Å². The SMILES string of the molecule is O=S(=O)(NCc1ncc[nH]1)c1ccc(CNC2CC2)cc1. The largest absolute Gasteiger partial charge is 0.347 e. The third kappa shape index (κ3) is 3.90. The third-order valence-corrected chi connectivity index (χ3v) is 4.81. The number of H-pyrrole nitrogens is 1. The molecule has 0 saturated heterocycles. The van der Waals surface area contributed by atoms with Gasteiger partial charge in [0, 0.05) is 25.0 Å². The van der Waals surface area contributed by atoms with Crippen LogP contribution in [0.25, 0.3) is 0 Å². The summed E-state index contributed by atoms with van der Waals surface area (Å²) >= 11 is 0. The highest BCUT2D eigenvalue weighted by atomic mass is 32.2. The Hall–Kier alpha value is -1.70. The van der Waals surface area contributed by atoms with Gasteiger partial charge in [-0.3, -0.25) is 0 Å². The molecule has 21 heavy (non-hydrogen) atoms. The fourth-order valence-electron chi connectivity index (χ4n) is 1.98. The molecule has 0 atom stereocenters. The topological polar surface area (TPSA) is 86.9 Å². The van der Waals surface area contributed by atoms with Gasteiger partial charge >= 0.3 is 0 Å². The molecule has 1 saturated carbocycles. The fourth-order valence-corrected chi connectivity index (χ4v) is 2.97. The molecule has 1 heterocycles. The molecule has 0 bridgehead atoms. The summed E-state index contributed by atoms with van der Waals surface area (Å²) in [4.78, 5) is 7.11. The van der Waals surface area contributed by atoms with Gasteiger partial charge in [-0.25, -0.2) is 18.1 Å². The number of aromatic nitrogens is 2. The summed E-state index contributed by atoms with van der Waals surface area (Å²) in [6, 6.07) is 7.60. The molecule has 0 amide bonds. The van der Waals surface area contributed by atoms with E-state index in [0.29, 0.717) is 11.9 Å². The van der Waals surface area contributed by atoms with E-state index < -0.39 is 10.0 Å². The minimum absolute atomic E-state index is 0.153. The molecule has 112 valence electrons. The van der Waals surface area contributed by atoms with Gasteiger partial charge < -0.3 is 10.3 Å². The van der Waals surface area contributed by atoms with E-state index in [9.17, 15) is 8.42 Å². The first kappa shape index (κ1) is 14.2. The van der Waals surface area contributed by atoms with Gasteiger partial charge in [-0.15, -0.1) is 0 Å². The second-order valence-corrected chi connectivity index (χ2v) is 6.93. The number of benzene rings is 1. The lowest BCUT2D eigenvalue weighted by atomic mass is 10.2. The van der Waals surface area contributed by atoms with Gasteiger partial charge in [0.1, 0.15) is 5.82 Å². The number of aromatic amines is 1. The maximum absolute atomic E-state index is 12.1. The van der Waals surface area contributed by atoms with Crippen molar-refractivity contribution in [2.24, 2.45) is 0 Å². The van der Waals surface area contributed by atoms with Gasteiger partial charge in [-0.2, -0.15) is 0 Å². The van der Waals surface area contributed by atoms with Crippen LogP contribution in [-0.2, 0) is 23.1 Å². The van der Waals surface area contributed by atoms with Crippen molar-refractivity contribution in [2.75, 3.05) is 0 Å². The molecule has 6 nitrogen and oxygen atoms in total. The van der Waals surface area contributed by atoms with E-state index in [0.717, 1.165) is 12.1 Å². The summed E-state index contributed by atoms with van der Waals surface area (Å²) in [5.74, 6) is 0.587. The predicted molar refractivity (Wildman–Crippen MR) is 78.9 cm³/mol. The highest BCUT2D eigenvalue weighted by Gasteiger charge is 2.20. The molecule has 0 aliphatic heterocycles. The lowest BCUT2D eigenvalue weighted by molar-refractivity contribution is 0.579. The Morgan fingerprint density at radius 3 is 2.57 bits per heavy atom. The zero-order chi connectivity index (χ0) is 14.7. The Labute approximate surface area is 124 Å². The van der Waals surface area contributed by atoms with Crippen LogP contribution in [0.2, 0.25) is 0 Å². The Kier molecular flexibility index (Phi) is 4.05. The molecule has 1 aromatic carbocycles. The van der Waals surface area contributed by atoms with Crippen LogP contribution in [0.4, 0.5) is 0 Å². The summed E-state index contributed by atoms with van der Waals surface area (Å²) in [6.07, 6.45) is 5.73. The average Bonchev–Trinajstić information content (AvgIpc) is 3.17. The number of sulfonamides is 1. The minimum Gasteiger partial charge on any atom is -0.347 e. The van der Waals surface area contributed by atoms with Gasteiger partial charge in [0.15, 0.2) is 0 Å². The second-order valence-electron chi connectivity index (χ2n) is 5.16. The molecule has 1 aliphatic carbocycles. The summed E-state index contributed by atoms with van der Waals surface area (Å²) in [5, 5.41) is 3.40. The lowest BCUT2D eigenvalue weighted by Crippen LogP contribution is -2.24. The number of hydrogen-bond donors (Lipinski definition) is 3. The number of rotatable bonds is 7.